The van der Waals surface area contributed by atoms with Crippen molar-refractivity contribution in [1.82, 2.24) is 4.98 Å². The second kappa shape index (κ2) is 8.65. The number of aryl methyl sites for hydroxylation is 2. The Morgan fingerprint density at radius 2 is 1.86 bits per heavy atom. The van der Waals surface area contributed by atoms with E-state index < -0.39 is 11.7 Å². The summed E-state index contributed by atoms with van der Waals surface area (Å²) in [5, 5.41) is 3.06. The number of carbonyl (C=O) groups is 1. The summed E-state index contributed by atoms with van der Waals surface area (Å²) in [7, 11) is 0. The highest BCUT2D eigenvalue weighted by atomic mass is 32.1. The topological polar surface area (TPSA) is 51.2 Å². The summed E-state index contributed by atoms with van der Waals surface area (Å²) in [6.45, 7) is 3.56. The van der Waals surface area contributed by atoms with Crippen molar-refractivity contribution >= 4 is 22.4 Å². The van der Waals surface area contributed by atoms with Gasteiger partial charge in [-0.3, -0.25) is 10.1 Å². The van der Waals surface area contributed by atoms with Gasteiger partial charge in [0.1, 0.15) is 5.75 Å². The summed E-state index contributed by atoms with van der Waals surface area (Å²) in [6, 6.07) is 12.5. The standard InChI is InChI=1S/C21H19F3N2O2S/c1-13-6-8-17(9-7-13)28-12-19(27)26-20-25-14(2)18(29-20)11-15-4-3-5-16(10-15)21(22,23)24/h3-10H,11-12H2,1-2H3,(H,25,26,27). The molecule has 1 heterocycles. The predicted molar refractivity (Wildman–Crippen MR) is 106 cm³/mol. The molecular weight excluding hydrogens is 401 g/mol. The molecule has 0 aliphatic rings. The third-order valence-corrected chi connectivity index (χ3v) is 5.22. The van der Waals surface area contributed by atoms with Crippen LogP contribution in [0.3, 0.4) is 0 Å². The molecule has 0 aliphatic heterocycles. The zero-order valence-electron chi connectivity index (χ0n) is 15.8. The van der Waals surface area contributed by atoms with Crippen molar-refractivity contribution in [2.24, 2.45) is 0 Å². The number of hydrogen-bond donors (Lipinski definition) is 1. The highest BCUT2D eigenvalue weighted by molar-refractivity contribution is 7.15. The molecule has 0 aliphatic carbocycles. The van der Waals surface area contributed by atoms with E-state index >= 15 is 0 Å². The number of nitrogens with zero attached hydrogens (tertiary/aromatic N) is 1. The first-order valence-corrected chi connectivity index (χ1v) is 9.64. The number of hydrogen-bond acceptors (Lipinski definition) is 4. The van der Waals surface area contributed by atoms with Crippen molar-refractivity contribution < 1.29 is 22.7 Å². The van der Waals surface area contributed by atoms with E-state index in [4.69, 9.17) is 4.74 Å². The SMILES string of the molecule is Cc1ccc(OCC(=O)Nc2nc(C)c(Cc3cccc(C(F)(F)F)c3)s2)cc1. The van der Waals surface area contributed by atoms with Gasteiger partial charge in [0.15, 0.2) is 11.7 Å². The van der Waals surface area contributed by atoms with Crippen LogP contribution in [-0.4, -0.2) is 17.5 Å². The number of alkyl halides is 3. The first-order chi connectivity index (χ1) is 13.7. The Morgan fingerprint density at radius 3 is 2.55 bits per heavy atom. The van der Waals surface area contributed by atoms with Crippen LogP contribution in [0.1, 0.15) is 27.3 Å². The van der Waals surface area contributed by atoms with Gasteiger partial charge in [-0.1, -0.05) is 35.9 Å². The van der Waals surface area contributed by atoms with Crippen molar-refractivity contribution in [2.75, 3.05) is 11.9 Å². The summed E-state index contributed by atoms with van der Waals surface area (Å²) >= 11 is 1.24. The van der Waals surface area contributed by atoms with E-state index in [1.54, 1.807) is 25.1 Å². The average Bonchev–Trinajstić information content (AvgIpc) is 2.99. The number of amides is 1. The average molecular weight is 420 g/mol. The Bertz CT molecular complexity index is 998. The van der Waals surface area contributed by atoms with E-state index in [0.717, 1.165) is 22.6 Å². The van der Waals surface area contributed by atoms with Crippen molar-refractivity contribution in [3.8, 4) is 5.75 Å². The van der Waals surface area contributed by atoms with Gasteiger partial charge in [-0.2, -0.15) is 13.2 Å². The van der Waals surface area contributed by atoms with Crippen LogP contribution in [-0.2, 0) is 17.4 Å². The van der Waals surface area contributed by atoms with Gasteiger partial charge in [0.05, 0.1) is 11.3 Å². The molecule has 0 spiro atoms. The molecule has 8 heteroatoms. The zero-order valence-corrected chi connectivity index (χ0v) is 16.7. The fraction of sp³-hybridized carbons (Fsp3) is 0.238. The van der Waals surface area contributed by atoms with Crippen LogP contribution in [0.2, 0.25) is 0 Å². The first kappa shape index (κ1) is 20.9. The van der Waals surface area contributed by atoms with Gasteiger partial charge >= 0.3 is 6.18 Å². The minimum absolute atomic E-state index is 0.162. The number of benzene rings is 2. The maximum absolute atomic E-state index is 12.9. The molecular formula is C21H19F3N2O2S. The summed E-state index contributed by atoms with van der Waals surface area (Å²) in [6.07, 6.45) is -4.07. The summed E-state index contributed by atoms with van der Waals surface area (Å²) in [5.41, 5.74) is 1.61. The van der Waals surface area contributed by atoms with Crippen LogP contribution in [0, 0.1) is 13.8 Å². The Morgan fingerprint density at radius 1 is 1.14 bits per heavy atom. The van der Waals surface area contributed by atoms with Gasteiger partial charge in [-0.15, -0.1) is 11.3 Å². The van der Waals surface area contributed by atoms with Gasteiger partial charge < -0.3 is 4.74 Å². The van der Waals surface area contributed by atoms with Crippen LogP contribution >= 0.6 is 11.3 Å². The molecule has 0 saturated heterocycles. The lowest BCUT2D eigenvalue weighted by atomic mass is 10.1. The number of aromatic nitrogens is 1. The van der Waals surface area contributed by atoms with Crippen LogP contribution in [0.25, 0.3) is 0 Å². The zero-order chi connectivity index (χ0) is 21.0. The Kier molecular flexibility index (Phi) is 6.22. The van der Waals surface area contributed by atoms with Crippen molar-refractivity contribution in [3.63, 3.8) is 0 Å². The molecule has 1 aromatic heterocycles. The maximum atomic E-state index is 12.9. The smallest absolute Gasteiger partial charge is 0.416 e. The molecule has 3 aromatic rings. The molecule has 0 atom stereocenters. The van der Waals surface area contributed by atoms with Gasteiger partial charge in [0.25, 0.3) is 5.91 Å². The Hall–Kier alpha value is -2.87. The third kappa shape index (κ3) is 5.80. The molecule has 152 valence electrons. The lowest BCUT2D eigenvalue weighted by Crippen LogP contribution is -2.20. The van der Waals surface area contributed by atoms with Gasteiger partial charge in [0, 0.05) is 11.3 Å². The van der Waals surface area contributed by atoms with Crippen molar-refractivity contribution in [2.45, 2.75) is 26.4 Å². The fourth-order valence-corrected chi connectivity index (χ4v) is 3.64. The summed E-state index contributed by atoms with van der Waals surface area (Å²) in [5.74, 6) is 0.233. The Labute approximate surface area is 170 Å². The molecule has 1 amide bonds. The molecule has 2 aromatic carbocycles. The van der Waals surface area contributed by atoms with Crippen molar-refractivity contribution in [1.29, 1.82) is 0 Å². The molecule has 0 radical (unpaired) electrons. The number of anilines is 1. The molecule has 29 heavy (non-hydrogen) atoms. The highest BCUT2D eigenvalue weighted by Gasteiger charge is 2.30. The normalized spacial score (nSPS) is 11.3. The molecule has 3 rings (SSSR count). The lowest BCUT2D eigenvalue weighted by molar-refractivity contribution is -0.137. The van der Waals surface area contributed by atoms with E-state index in [2.05, 4.69) is 10.3 Å². The molecule has 4 nitrogen and oxygen atoms in total. The van der Waals surface area contributed by atoms with Crippen LogP contribution < -0.4 is 10.1 Å². The second-order valence-corrected chi connectivity index (χ2v) is 7.64. The van der Waals surface area contributed by atoms with Crippen LogP contribution in [0.15, 0.2) is 48.5 Å². The fourth-order valence-electron chi connectivity index (χ4n) is 2.63. The minimum Gasteiger partial charge on any atom is -0.484 e. The van der Waals surface area contributed by atoms with E-state index in [0.29, 0.717) is 28.6 Å². The predicted octanol–water partition coefficient (Wildman–Crippen LogP) is 5.39. The number of ether oxygens (including phenoxy) is 1. The molecule has 0 saturated carbocycles. The van der Waals surface area contributed by atoms with Gasteiger partial charge in [-0.25, -0.2) is 4.98 Å². The van der Waals surface area contributed by atoms with E-state index in [9.17, 15) is 18.0 Å². The number of carbonyl (C=O) groups excluding carboxylic acids is 1. The number of nitrogens with one attached hydrogen (secondary N) is 1. The van der Waals surface area contributed by atoms with Crippen LogP contribution in [0.4, 0.5) is 18.3 Å². The molecule has 1 N–H and O–H groups in total. The summed E-state index contributed by atoms with van der Waals surface area (Å²) in [4.78, 5) is 17.2. The third-order valence-electron chi connectivity index (χ3n) is 4.15. The summed E-state index contributed by atoms with van der Waals surface area (Å²) < 4.78 is 44.1. The Balaban J connectivity index is 1.61. The largest absolute Gasteiger partial charge is 0.484 e. The second-order valence-electron chi connectivity index (χ2n) is 6.55. The van der Waals surface area contributed by atoms with Gasteiger partial charge in [-0.05, 0) is 37.6 Å². The number of thiazole rings is 1. The van der Waals surface area contributed by atoms with E-state index in [1.807, 2.05) is 19.1 Å². The van der Waals surface area contributed by atoms with E-state index in [1.165, 1.54) is 17.4 Å². The lowest BCUT2D eigenvalue weighted by Gasteiger charge is -2.08. The van der Waals surface area contributed by atoms with Crippen LogP contribution in [0.5, 0.6) is 5.75 Å². The highest BCUT2D eigenvalue weighted by Crippen LogP contribution is 2.31. The van der Waals surface area contributed by atoms with Gasteiger partial charge in [0.2, 0.25) is 0 Å². The molecule has 0 fully saturated rings. The molecule has 0 unspecified atom stereocenters. The monoisotopic (exact) mass is 420 g/mol. The quantitative estimate of drug-likeness (QED) is 0.582. The molecule has 0 bridgehead atoms. The van der Waals surface area contributed by atoms with E-state index in [-0.39, 0.29) is 12.5 Å². The number of halogens is 3. The maximum Gasteiger partial charge on any atom is 0.416 e. The first-order valence-electron chi connectivity index (χ1n) is 8.82. The van der Waals surface area contributed by atoms with Crippen molar-refractivity contribution in [3.05, 3.63) is 75.8 Å². The number of rotatable bonds is 6. The minimum atomic E-state index is -4.38.